The van der Waals surface area contributed by atoms with Crippen LogP contribution in [-0.4, -0.2) is 21.6 Å². The Morgan fingerprint density at radius 1 is 1.00 bits per heavy atom. The number of fused-ring (bicyclic) bond motifs is 1. The zero-order chi connectivity index (χ0) is 25.5. The molecule has 5 nitrogen and oxygen atoms in total. The van der Waals surface area contributed by atoms with Gasteiger partial charge >= 0.3 is 5.97 Å². The fourth-order valence-corrected chi connectivity index (χ4v) is 4.13. The van der Waals surface area contributed by atoms with Gasteiger partial charge in [0.1, 0.15) is 12.4 Å². The van der Waals surface area contributed by atoms with Gasteiger partial charge in [-0.25, -0.2) is 0 Å². The van der Waals surface area contributed by atoms with Gasteiger partial charge in [0.25, 0.3) is 5.91 Å². The first-order valence-electron chi connectivity index (χ1n) is 12.3. The number of carbonyl (C=O) groups is 2. The van der Waals surface area contributed by atoms with Gasteiger partial charge in [0, 0.05) is 23.6 Å². The van der Waals surface area contributed by atoms with Crippen LogP contribution in [0.1, 0.15) is 53.7 Å². The van der Waals surface area contributed by atoms with Crippen molar-refractivity contribution in [2.24, 2.45) is 5.92 Å². The minimum absolute atomic E-state index is 0.104. The van der Waals surface area contributed by atoms with Crippen molar-refractivity contribution in [2.75, 3.05) is 0 Å². The molecule has 0 fully saturated rings. The van der Waals surface area contributed by atoms with Crippen molar-refractivity contribution in [3.63, 3.8) is 0 Å². The van der Waals surface area contributed by atoms with Gasteiger partial charge in [0.15, 0.2) is 0 Å². The normalized spacial score (nSPS) is 11.4. The second-order valence-electron chi connectivity index (χ2n) is 9.26. The zero-order valence-corrected chi connectivity index (χ0v) is 20.7. The summed E-state index contributed by atoms with van der Waals surface area (Å²) in [7, 11) is 0. The summed E-state index contributed by atoms with van der Waals surface area (Å²) in [4.78, 5) is 24.4. The fraction of sp³-hybridized carbons (Fsp3) is 0.226. The predicted molar refractivity (Wildman–Crippen MR) is 143 cm³/mol. The number of hydrogen-bond acceptors (Lipinski definition) is 3. The van der Waals surface area contributed by atoms with Crippen LogP contribution >= 0.6 is 0 Å². The van der Waals surface area contributed by atoms with Crippen LogP contribution in [0.25, 0.3) is 17.0 Å². The molecule has 0 saturated heterocycles. The molecule has 5 heteroatoms. The van der Waals surface area contributed by atoms with E-state index >= 15 is 0 Å². The molecular formula is C31H31NO4. The largest absolute Gasteiger partial charge is 0.489 e. The molecular weight excluding hydrogens is 450 g/mol. The maximum Gasteiger partial charge on any atom is 0.303 e. The van der Waals surface area contributed by atoms with E-state index in [9.17, 15) is 9.59 Å². The third-order valence-corrected chi connectivity index (χ3v) is 5.98. The molecule has 0 spiro atoms. The van der Waals surface area contributed by atoms with Crippen molar-refractivity contribution in [2.45, 2.75) is 39.7 Å². The Hall–Kier alpha value is -4.12. The molecule has 0 amide bonds. The van der Waals surface area contributed by atoms with Gasteiger partial charge in [-0.2, -0.15) is 0 Å². The summed E-state index contributed by atoms with van der Waals surface area (Å²) in [6, 6.07) is 23.2. The highest BCUT2D eigenvalue weighted by molar-refractivity contribution is 6.03. The second-order valence-corrected chi connectivity index (χ2v) is 9.26. The zero-order valence-electron chi connectivity index (χ0n) is 20.7. The van der Waals surface area contributed by atoms with E-state index in [1.54, 1.807) is 10.6 Å². The van der Waals surface area contributed by atoms with Gasteiger partial charge in [-0.3, -0.25) is 14.2 Å². The molecule has 3 aromatic carbocycles. The lowest BCUT2D eigenvalue weighted by Crippen LogP contribution is -2.11. The molecule has 0 saturated carbocycles. The summed E-state index contributed by atoms with van der Waals surface area (Å²) < 4.78 is 7.62. The minimum Gasteiger partial charge on any atom is -0.489 e. The van der Waals surface area contributed by atoms with Crippen molar-refractivity contribution in [3.05, 3.63) is 107 Å². The molecule has 1 N–H and O–H groups in total. The van der Waals surface area contributed by atoms with Crippen molar-refractivity contribution in [1.29, 1.82) is 0 Å². The third kappa shape index (κ3) is 6.30. The molecule has 1 heterocycles. The summed E-state index contributed by atoms with van der Waals surface area (Å²) in [5.41, 5.74) is 4.41. The molecule has 36 heavy (non-hydrogen) atoms. The van der Waals surface area contributed by atoms with E-state index in [2.05, 4.69) is 26.0 Å². The molecule has 184 valence electrons. The molecule has 0 bridgehead atoms. The highest BCUT2D eigenvalue weighted by Crippen LogP contribution is 2.24. The van der Waals surface area contributed by atoms with Crippen LogP contribution in [0.3, 0.4) is 0 Å². The maximum absolute atomic E-state index is 13.5. The lowest BCUT2D eigenvalue weighted by Gasteiger charge is -2.09. The Morgan fingerprint density at radius 3 is 2.53 bits per heavy atom. The molecule has 0 atom stereocenters. The van der Waals surface area contributed by atoms with Gasteiger partial charge in [-0.15, -0.1) is 0 Å². The van der Waals surface area contributed by atoms with Crippen LogP contribution in [0.15, 0.2) is 85.1 Å². The molecule has 0 radical (unpaired) electrons. The first-order chi connectivity index (χ1) is 17.4. The van der Waals surface area contributed by atoms with Gasteiger partial charge in [0.2, 0.25) is 0 Å². The lowest BCUT2D eigenvalue weighted by atomic mass is 10.1. The number of allylic oxidation sites excluding steroid dienone is 1. The molecule has 4 aromatic rings. The molecule has 0 aliphatic rings. The SMILES string of the molecule is CC(C)/C=C/c1ccc(OCc2cccc(C(=O)n3cc(CCCC(=O)O)c4ccccc43)c2)cc1. The first kappa shape index (κ1) is 25.0. The van der Waals surface area contributed by atoms with Crippen LogP contribution in [0.4, 0.5) is 0 Å². The number of hydrogen-bond donors (Lipinski definition) is 1. The number of para-hydroxylation sites is 1. The molecule has 0 aliphatic carbocycles. The number of rotatable bonds is 10. The van der Waals surface area contributed by atoms with Crippen LogP contribution in [0.2, 0.25) is 0 Å². The van der Waals surface area contributed by atoms with Crippen molar-refractivity contribution in [3.8, 4) is 5.75 Å². The van der Waals surface area contributed by atoms with Crippen molar-refractivity contribution in [1.82, 2.24) is 4.57 Å². The number of benzene rings is 3. The Morgan fingerprint density at radius 2 is 1.78 bits per heavy atom. The summed E-state index contributed by atoms with van der Waals surface area (Å²) in [5, 5.41) is 9.94. The Kier molecular flexibility index (Phi) is 8.01. The molecule has 1 aromatic heterocycles. The first-order valence-corrected chi connectivity index (χ1v) is 12.3. The van der Waals surface area contributed by atoms with Gasteiger partial charge in [-0.1, -0.05) is 68.5 Å². The Labute approximate surface area is 211 Å². The highest BCUT2D eigenvalue weighted by Gasteiger charge is 2.16. The third-order valence-electron chi connectivity index (χ3n) is 5.98. The highest BCUT2D eigenvalue weighted by atomic mass is 16.5. The summed E-state index contributed by atoms with van der Waals surface area (Å²) in [5.74, 6) is 0.339. The smallest absolute Gasteiger partial charge is 0.303 e. The Bertz CT molecular complexity index is 1380. The lowest BCUT2D eigenvalue weighted by molar-refractivity contribution is -0.137. The van der Waals surface area contributed by atoms with E-state index in [-0.39, 0.29) is 12.3 Å². The number of carboxylic acids is 1. The number of carboxylic acid groups (broad SMARTS) is 1. The van der Waals surface area contributed by atoms with Crippen LogP contribution in [-0.2, 0) is 17.8 Å². The van der Waals surface area contributed by atoms with E-state index in [4.69, 9.17) is 9.84 Å². The van der Waals surface area contributed by atoms with Crippen LogP contribution < -0.4 is 4.74 Å². The summed E-state index contributed by atoms with van der Waals surface area (Å²) in [6.45, 7) is 4.65. The number of nitrogens with zero attached hydrogens (tertiary/aromatic N) is 1. The van der Waals surface area contributed by atoms with E-state index < -0.39 is 5.97 Å². The summed E-state index contributed by atoms with van der Waals surface area (Å²) >= 11 is 0. The van der Waals surface area contributed by atoms with E-state index in [1.165, 1.54) is 0 Å². The van der Waals surface area contributed by atoms with Crippen LogP contribution in [0, 0.1) is 5.92 Å². The standard InChI is InChI=1S/C31H31NO4/c1-22(2)13-14-23-15-17-27(18-16-23)36-21-24-7-5-8-25(19-24)31(35)32-20-26(9-6-12-30(33)34)28-10-3-4-11-29(28)32/h3-5,7-8,10-11,13-20,22H,6,9,12,21H2,1-2H3,(H,33,34)/b14-13+. The number of ether oxygens (including phenoxy) is 1. The van der Waals surface area contributed by atoms with E-state index in [0.29, 0.717) is 30.9 Å². The molecule has 4 rings (SSSR count). The second kappa shape index (κ2) is 11.5. The number of aryl methyl sites for hydroxylation is 1. The number of aliphatic carboxylic acids is 1. The van der Waals surface area contributed by atoms with E-state index in [1.807, 2.05) is 72.9 Å². The topological polar surface area (TPSA) is 68.5 Å². The van der Waals surface area contributed by atoms with Gasteiger partial charge in [-0.05, 0) is 65.8 Å². The quantitative estimate of drug-likeness (QED) is 0.265. The average Bonchev–Trinajstić information content (AvgIpc) is 3.25. The minimum atomic E-state index is -0.812. The monoisotopic (exact) mass is 481 g/mol. The van der Waals surface area contributed by atoms with Crippen LogP contribution in [0.5, 0.6) is 5.75 Å². The fourth-order valence-electron chi connectivity index (χ4n) is 4.13. The molecule has 0 unspecified atom stereocenters. The number of carbonyl (C=O) groups excluding carboxylic acids is 1. The molecule has 0 aliphatic heterocycles. The van der Waals surface area contributed by atoms with Crippen molar-refractivity contribution >= 4 is 28.9 Å². The Balaban J connectivity index is 1.48. The van der Waals surface area contributed by atoms with Gasteiger partial charge < -0.3 is 9.84 Å². The van der Waals surface area contributed by atoms with Crippen molar-refractivity contribution < 1.29 is 19.4 Å². The number of aromatic nitrogens is 1. The summed E-state index contributed by atoms with van der Waals surface area (Å²) in [6.07, 6.45) is 7.34. The maximum atomic E-state index is 13.5. The predicted octanol–water partition coefficient (Wildman–Crippen LogP) is 6.99. The average molecular weight is 482 g/mol. The van der Waals surface area contributed by atoms with Gasteiger partial charge in [0.05, 0.1) is 5.52 Å². The van der Waals surface area contributed by atoms with E-state index in [0.717, 1.165) is 33.3 Å².